The molecule has 0 atom stereocenters. The highest BCUT2D eigenvalue weighted by Gasteiger charge is 2.31. The number of halogens is 4. The summed E-state index contributed by atoms with van der Waals surface area (Å²) < 4.78 is 39.6. The average Bonchev–Trinajstić information content (AvgIpc) is 2.66. The van der Waals surface area contributed by atoms with Crippen LogP contribution in [0.3, 0.4) is 0 Å². The average molecular weight is 305 g/mol. The molecular formula is C12H12ClF3N4. The zero-order chi connectivity index (χ0) is 14.9. The minimum Gasteiger partial charge on any atom is -0.366 e. The van der Waals surface area contributed by atoms with E-state index >= 15 is 0 Å². The highest BCUT2D eigenvalue weighted by atomic mass is 35.5. The van der Waals surface area contributed by atoms with Crippen LogP contribution in [0.5, 0.6) is 0 Å². The van der Waals surface area contributed by atoms with Gasteiger partial charge in [0, 0.05) is 24.8 Å². The maximum atomic E-state index is 12.7. The van der Waals surface area contributed by atoms with Crippen molar-refractivity contribution >= 4 is 17.4 Å². The summed E-state index contributed by atoms with van der Waals surface area (Å²) in [5.74, 6) is 0.0769. The number of anilines is 1. The van der Waals surface area contributed by atoms with E-state index in [1.807, 2.05) is 6.92 Å². The molecule has 0 fully saturated rings. The lowest BCUT2D eigenvalue weighted by Crippen LogP contribution is -2.08. The van der Waals surface area contributed by atoms with Crippen LogP contribution in [0.25, 0.3) is 0 Å². The SMILES string of the molecule is Cc1c(CNc2cc(C(F)(F)F)cc(Cl)n2)cnn1C. The van der Waals surface area contributed by atoms with E-state index < -0.39 is 11.7 Å². The van der Waals surface area contributed by atoms with Crippen LogP contribution in [0.4, 0.5) is 19.0 Å². The number of hydrogen-bond acceptors (Lipinski definition) is 3. The molecule has 2 heterocycles. The highest BCUT2D eigenvalue weighted by Crippen LogP contribution is 2.32. The number of rotatable bonds is 3. The molecule has 0 aliphatic carbocycles. The van der Waals surface area contributed by atoms with Crippen molar-refractivity contribution in [1.82, 2.24) is 14.8 Å². The van der Waals surface area contributed by atoms with Crippen LogP contribution in [0.15, 0.2) is 18.3 Å². The van der Waals surface area contributed by atoms with E-state index in [1.165, 1.54) is 0 Å². The maximum absolute atomic E-state index is 12.7. The van der Waals surface area contributed by atoms with Gasteiger partial charge in [0.05, 0.1) is 11.8 Å². The molecule has 2 aromatic rings. The first-order valence-corrected chi connectivity index (χ1v) is 6.11. The smallest absolute Gasteiger partial charge is 0.366 e. The standard InChI is InChI=1S/C12H12ClF3N4/c1-7-8(6-18-20(7)2)5-17-11-4-9(12(14,15)16)3-10(13)19-11/h3-4,6H,5H2,1-2H3,(H,17,19). The molecule has 0 bridgehead atoms. The van der Waals surface area contributed by atoms with E-state index in [9.17, 15) is 13.2 Å². The molecule has 8 heteroatoms. The van der Waals surface area contributed by atoms with Gasteiger partial charge in [0.25, 0.3) is 0 Å². The van der Waals surface area contributed by atoms with Crippen LogP contribution in [0.1, 0.15) is 16.8 Å². The van der Waals surface area contributed by atoms with Gasteiger partial charge < -0.3 is 5.32 Å². The van der Waals surface area contributed by atoms with Crippen LogP contribution in [-0.4, -0.2) is 14.8 Å². The number of aromatic nitrogens is 3. The van der Waals surface area contributed by atoms with Crippen molar-refractivity contribution in [3.63, 3.8) is 0 Å². The normalized spacial score (nSPS) is 11.7. The number of nitrogens with zero attached hydrogens (tertiary/aromatic N) is 3. The monoisotopic (exact) mass is 304 g/mol. The van der Waals surface area contributed by atoms with Crippen molar-refractivity contribution in [2.24, 2.45) is 7.05 Å². The molecule has 1 N–H and O–H groups in total. The van der Waals surface area contributed by atoms with Gasteiger partial charge in [-0.15, -0.1) is 0 Å². The van der Waals surface area contributed by atoms with E-state index in [0.29, 0.717) is 6.54 Å². The maximum Gasteiger partial charge on any atom is 0.416 e. The van der Waals surface area contributed by atoms with Crippen molar-refractivity contribution in [1.29, 1.82) is 0 Å². The third kappa shape index (κ3) is 3.22. The fourth-order valence-electron chi connectivity index (χ4n) is 1.65. The third-order valence-corrected chi connectivity index (χ3v) is 3.11. The van der Waals surface area contributed by atoms with Crippen LogP contribution in [0, 0.1) is 6.92 Å². The lowest BCUT2D eigenvalue weighted by molar-refractivity contribution is -0.137. The highest BCUT2D eigenvalue weighted by molar-refractivity contribution is 6.29. The van der Waals surface area contributed by atoms with Gasteiger partial charge in [-0.2, -0.15) is 18.3 Å². The van der Waals surface area contributed by atoms with Crippen molar-refractivity contribution < 1.29 is 13.2 Å². The largest absolute Gasteiger partial charge is 0.416 e. The zero-order valence-electron chi connectivity index (χ0n) is 10.8. The number of pyridine rings is 1. The molecule has 0 saturated carbocycles. The molecule has 4 nitrogen and oxygen atoms in total. The summed E-state index contributed by atoms with van der Waals surface area (Å²) in [5, 5.41) is 6.67. The minimum atomic E-state index is -4.45. The van der Waals surface area contributed by atoms with E-state index in [1.54, 1.807) is 17.9 Å². The minimum absolute atomic E-state index is 0.0769. The summed E-state index contributed by atoms with van der Waals surface area (Å²) in [5.41, 5.74) is 0.973. The Labute approximate surface area is 118 Å². The Morgan fingerprint density at radius 1 is 1.35 bits per heavy atom. The van der Waals surface area contributed by atoms with Gasteiger partial charge in [0.2, 0.25) is 0 Å². The van der Waals surface area contributed by atoms with Crippen molar-refractivity contribution in [2.45, 2.75) is 19.6 Å². The number of hydrogen-bond donors (Lipinski definition) is 1. The fourth-order valence-corrected chi connectivity index (χ4v) is 1.86. The molecule has 0 aromatic carbocycles. The van der Waals surface area contributed by atoms with Crippen LogP contribution >= 0.6 is 11.6 Å². The molecule has 108 valence electrons. The molecule has 0 amide bonds. The van der Waals surface area contributed by atoms with E-state index in [-0.39, 0.29) is 11.0 Å². The Morgan fingerprint density at radius 2 is 2.05 bits per heavy atom. The van der Waals surface area contributed by atoms with Crippen molar-refractivity contribution in [3.05, 3.63) is 40.3 Å². The molecule has 2 aromatic heterocycles. The molecule has 0 unspecified atom stereocenters. The molecule has 0 saturated heterocycles. The van der Waals surface area contributed by atoms with Crippen molar-refractivity contribution in [3.8, 4) is 0 Å². The second-order valence-electron chi connectivity index (χ2n) is 4.29. The van der Waals surface area contributed by atoms with Crippen LogP contribution < -0.4 is 5.32 Å². The second kappa shape index (κ2) is 5.32. The summed E-state index contributed by atoms with van der Waals surface area (Å²) in [6, 6.07) is 1.72. The number of nitrogens with one attached hydrogen (secondary N) is 1. The van der Waals surface area contributed by atoms with E-state index in [4.69, 9.17) is 11.6 Å². The predicted octanol–water partition coefficient (Wildman–Crippen LogP) is 3.41. The second-order valence-corrected chi connectivity index (χ2v) is 4.68. The molecule has 0 spiro atoms. The molecular weight excluding hydrogens is 293 g/mol. The first-order chi connectivity index (χ1) is 9.27. The summed E-state index contributed by atoms with van der Waals surface area (Å²) in [6.45, 7) is 2.20. The van der Waals surface area contributed by atoms with E-state index in [2.05, 4.69) is 15.4 Å². The Bertz CT molecular complexity index is 622. The lowest BCUT2D eigenvalue weighted by atomic mass is 10.2. The first kappa shape index (κ1) is 14.6. The summed E-state index contributed by atoms with van der Waals surface area (Å²) in [4.78, 5) is 3.83. The summed E-state index contributed by atoms with van der Waals surface area (Å²) >= 11 is 5.61. The van der Waals surface area contributed by atoms with Crippen LogP contribution in [-0.2, 0) is 19.8 Å². The summed E-state index contributed by atoms with van der Waals surface area (Å²) in [6.07, 6.45) is -2.80. The topological polar surface area (TPSA) is 42.7 Å². The zero-order valence-corrected chi connectivity index (χ0v) is 11.5. The van der Waals surface area contributed by atoms with E-state index in [0.717, 1.165) is 23.4 Å². The predicted molar refractivity (Wildman–Crippen MR) is 69.5 cm³/mol. The van der Waals surface area contributed by atoms with Gasteiger partial charge in [-0.3, -0.25) is 4.68 Å². The van der Waals surface area contributed by atoms with Gasteiger partial charge >= 0.3 is 6.18 Å². The number of alkyl halides is 3. The van der Waals surface area contributed by atoms with Gasteiger partial charge in [0.15, 0.2) is 0 Å². The summed E-state index contributed by atoms with van der Waals surface area (Å²) in [7, 11) is 1.79. The molecule has 0 radical (unpaired) electrons. The Kier molecular flexibility index (Phi) is 3.89. The third-order valence-electron chi connectivity index (χ3n) is 2.92. The van der Waals surface area contributed by atoms with Gasteiger partial charge in [0.1, 0.15) is 11.0 Å². The fraction of sp³-hybridized carbons (Fsp3) is 0.333. The van der Waals surface area contributed by atoms with Gasteiger partial charge in [-0.1, -0.05) is 11.6 Å². The molecule has 0 aliphatic rings. The lowest BCUT2D eigenvalue weighted by Gasteiger charge is -2.10. The first-order valence-electron chi connectivity index (χ1n) is 5.73. The molecule has 2 rings (SSSR count). The molecule has 20 heavy (non-hydrogen) atoms. The Hall–Kier alpha value is -1.76. The Balaban J connectivity index is 2.18. The number of aryl methyl sites for hydroxylation is 1. The van der Waals surface area contributed by atoms with Gasteiger partial charge in [-0.25, -0.2) is 4.98 Å². The quantitative estimate of drug-likeness (QED) is 0.884. The van der Waals surface area contributed by atoms with Crippen molar-refractivity contribution in [2.75, 3.05) is 5.32 Å². The van der Waals surface area contributed by atoms with Crippen LogP contribution in [0.2, 0.25) is 5.15 Å². The molecule has 0 aliphatic heterocycles. The Morgan fingerprint density at radius 3 is 2.60 bits per heavy atom. The van der Waals surface area contributed by atoms with Gasteiger partial charge in [-0.05, 0) is 19.1 Å².